The maximum atomic E-state index is 11.8. The molecule has 0 radical (unpaired) electrons. The second-order valence-electron chi connectivity index (χ2n) is 4.39. The fraction of sp³-hybridized carbons (Fsp3) is 0.462. The first-order valence-corrected chi connectivity index (χ1v) is 7.80. The van der Waals surface area contributed by atoms with Crippen LogP contribution in [0.2, 0.25) is 0 Å². The van der Waals surface area contributed by atoms with Gasteiger partial charge in [0.2, 0.25) is 0 Å². The van der Waals surface area contributed by atoms with E-state index >= 15 is 0 Å². The minimum absolute atomic E-state index is 0.331. The Kier molecular flexibility index (Phi) is 4.01. The van der Waals surface area contributed by atoms with E-state index in [1.807, 2.05) is 6.07 Å². The SMILES string of the molecule is CCCCCCN=C1NS(=O)(=O)c2ccccc21. The van der Waals surface area contributed by atoms with E-state index in [0.29, 0.717) is 22.8 Å². The van der Waals surface area contributed by atoms with Crippen molar-refractivity contribution in [2.45, 2.75) is 37.5 Å². The Hall–Kier alpha value is -1.36. The molecule has 1 heterocycles. The summed E-state index contributed by atoms with van der Waals surface area (Å²) in [5.74, 6) is 0.488. The number of rotatable bonds is 5. The number of hydrogen-bond donors (Lipinski definition) is 1. The molecule has 0 unspecified atom stereocenters. The molecule has 1 N–H and O–H groups in total. The molecule has 0 atom stereocenters. The molecule has 0 saturated heterocycles. The van der Waals surface area contributed by atoms with E-state index in [9.17, 15) is 8.42 Å². The van der Waals surface area contributed by atoms with Crippen LogP contribution in [0.15, 0.2) is 34.2 Å². The lowest BCUT2D eigenvalue weighted by Gasteiger charge is -1.99. The lowest BCUT2D eigenvalue weighted by atomic mass is 10.2. The second-order valence-corrected chi connectivity index (χ2v) is 6.04. The molecule has 0 spiro atoms. The van der Waals surface area contributed by atoms with Crippen molar-refractivity contribution in [3.63, 3.8) is 0 Å². The molecule has 2 rings (SSSR count). The molecule has 18 heavy (non-hydrogen) atoms. The zero-order valence-electron chi connectivity index (χ0n) is 10.5. The molecule has 0 fully saturated rings. The van der Waals surface area contributed by atoms with Crippen LogP contribution in [0.25, 0.3) is 0 Å². The van der Waals surface area contributed by atoms with E-state index in [2.05, 4.69) is 16.6 Å². The van der Waals surface area contributed by atoms with Gasteiger partial charge in [-0.05, 0) is 18.6 Å². The highest BCUT2D eigenvalue weighted by molar-refractivity contribution is 7.90. The lowest BCUT2D eigenvalue weighted by molar-refractivity contribution is 0.595. The normalized spacial score (nSPS) is 18.6. The highest BCUT2D eigenvalue weighted by Crippen LogP contribution is 2.22. The largest absolute Gasteiger partial charge is 0.267 e. The molecule has 1 aromatic rings. The van der Waals surface area contributed by atoms with Gasteiger partial charge in [-0.2, -0.15) is 0 Å². The number of nitrogens with zero attached hydrogens (tertiary/aromatic N) is 1. The van der Waals surface area contributed by atoms with Gasteiger partial charge < -0.3 is 0 Å². The van der Waals surface area contributed by atoms with Crippen molar-refractivity contribution < 1.29 is 8.42 Å². The molecule has 0 saturated carbocycles. The predicted octanol–water partition coefficient (Wildman–Crippen LogP) is 2.31. The van der Waals surface area contributed by atoms with Crippen molar-refractivity contribution in [3.05, 3.63) is 29.8 Å². The highest BCUT2D eigenvalue weighted by atomic mass is 32.2. The van der Waals surface area contributed by atoms with Crippen LogP contribution < -0.4 is 4.72 Å². The third-order valence-electron chi connectivity index (χ3n) is 2.94. The zero-order valence-corrected chi connectivity index (χ0v) is 11.3. The van der Waals surface area contributed by atoms with Crippen molar-refractivity contribution in [1.82, 2.24) is 4.72 Å². The van der Waals surface area contributed by atoms with Gasteiger partial charge in [-0.25, -0.2) is 8.42 Å². The first-order valence-electron chi connectivity index (χ1n) is 6.32. The molecule has 0 aliphatic carbocycles. The third kappa shape index (κ3) is 2.72. The lowest BCUT2D eigenvalue weighted by Crippen LogP contribution is -2.22. The summed E-state index contributed by atoms with van der Waals surface area (Å²) in [5, 5.41) is 0. The summed E-state index contributed by atoms with van der Waals surface area (Å²) in [6.45, 7) is 2.83. The summed E-state index contributed by atoms with van der Waals surface area (Å²) in [7, 11) is -3.38. The summed E-state index contributed by atoms with van der Waals surface area (Å²) in [5.41, 5.74) is 0.688. The van der Waals surface area contributed by atoms with E-state index in [0.717, 1.165) is 12.8 Å². The Morgan fingerprint density at radius 3 is 2.72 bits per heavy atom. The fourth-order valence-corrected chi connectivity index (χ4v) is 3.23. The molecule has 5 heteroatoms. The molecule has 1 aromatic carbocycles. The van der Waals surface area contributed by atoms with Gasteiger partial charge in [-0.15, -0.1) is 0 Å². The van der Waals surface area contributed by atoms with Gasteiger partial charge in [0.15, 0.2) is 0 Å². The first-order chi connectivity index (χ1) is 8.65. The van der Waals surface area contributed by atoms with Crippen LogP contribution in [-0.4, -0.2) is 20.8 Å². The standard InChI is InChI=1S/C13H18N2O2S/c1-2-3-4-7-10-14-13-11-8-5-6-9-12(11)18(16,17)15-13/h5-6,8-9H,2-4,7,10H2,1H3,(H,14,15). The molecule has 0 amide bonds. The number of nitrogens with one attached hydrogen (secondary N) is 1. The van der Waals surface area contributed by atoms with Gasteiger partial charge in [0.1, 0.15) is 5.84 Å². The number of fused-ring (bicyclic) bond motifs is 1. The topological polar surface area (TPSA) is 58.5 Å². The Bertz CT molecular complexity index is 550. The maximum Gasteiger partial charge on any atom is 0.263 e. The number of aliphatic imine (C=N–C) groups is 1. The average molecular weight is 266 g/mol. The van der Waals surface area contributed by atoms with Gasteiger partial charge in [0.05, 0.1) is 4.90 Å². The van der Waals surface area contributed by atoms with Crippen LogP contribution in [-0.2, 0) is 10.0 Å². The Morgan fingerprint density at radius 1 is 1.17 bits per heavy atom. The summed E-state index contributed by atoms with van der Waals surface area (Å²) in [6.07, 6.45) is 4.53. The minimum Gasteiger partial charge on any atom is -0.267 e. The van der Waals surface area contributed by atoms with E-state index in [1.54, 1.807) is 18.2 Å². The van der Waals surface area contributed by atoms with Crippen molar-refractivity contribution in [2.75, 3.05) is 6.54 Å². The van der Waals surface area contributed by atoms with E-state index < -0.39 is 10.0 Å². The van der Waals surface area contributed by atoms with Crippen LogP contribution in [0.1, 0.15) is 38.2 Å². The number of unbranched alkanes of at least 4 members (excludes halogenated alkanes) is 3. The van der Waals surface area contributed by atoms with E-state index in [-0.39, 0.29) is 0 Å². The average Bonchev–Trinajstić information content (AvgIpc) is 2.62. The van der Waals surface area contributed by atoms with Crippen LogP contribution in [0.3, 0.4) is 0 Å². The summed E-state index contributed by atoms with van der Waals surface area (Å²) in [6, 6.07) is 6.95. The molecule has 98 valence electrons. The Labute approximate surface area is 108 Å². The number of benzene rings is 1. The summed E-state index contributed by atoms with van der Waals surface area (Å²) >= 11 is 0. The Morgan fingerprint density at radius 2 is 1.94 bits per heavy atom. The van der Waals surface area contributed by atoms with Crippen LogP contribution in [0, 0.1) is 0 Å². The van der Waals surface area contributed by atoms with Gasteiger partial charge >= 0.3 is 0 Å². The molecule has 1 aliphatic rings. The van der Waals surface area contributed by atoms with Crippen molar-refractivity contribution >= 4 is 15.9 Å². The molecular weight excluding hydrogens is 248 g/mol. The summed E-state index contributed by atoms with van der Waals surface area (Å²) in [4.78, 5) is 4.69. The smallest absolute Gasteiger partial charge is 0.263 e. The molecular formula is C13H18N2O2S. The molecule has 0 bridgehead atoms. The van der Waals surface area contributed by atoms with Crippen molar-refractivity contribution in [1.29, 1.82) is 0 Å². The highest BCUT2D eigenvalue weighted by Gasteiger charge is 2.29. The first kappa shape index (κ1) is 13.1. The third-order valence-corrected chi connectivity index (χ3v) is 4.34. The van der Waals surface area contributed by atoms with E-state index in [1.165, 1.54) is 12.8 Å². The molecule has 4 nitrogen and oxygen atoms in total. The number of sulfonamides is 1. The molecule has 1 aliphatic heterocycles. The van der Waals surface area contributed by atoms with Crippen molar-refractivity contribution in [2.24, 2.45) is 4.99 Å². The quantitative estimate of drug-likeness (QED) is 0.831. The van der Waals surface area contributed by atoms with Gasteiger partial charge in [0, 0.05) is 12.1 Å². The van der Waals surface area contributed by atoms with Crippen LogP contribution in [0.4, 0.5) is 0 Å². The van der Waals surface area contributed by atoms with Gasteiger partial charge in [-0.3, -0.25) is 9.71 Å². The minimum atomic E-state index is -3.38. The monoisotopic (exact) mass is 266 g/mol. The number of hydrogen-bond acceptors (Lipinski definition) is 3. The van der Waals surface area contributed by atoms with Gasteiger partial charge in [-0.1, -0.05) is 38.3 Å². The van der Waals surface area contributed by atoms with Crippen LogP contribution in [0.5, 0.6) is 0 Å². The second kappa shape index (κ2) is 5.52. The van der Waals surface area contributed by atoms with Gasteiger partial charge in [0.25, 0.3) is 10.0 Å². The van der Waals surface area contributed by atoms with E-state index in [4.69, 9.17) is 0 Å². The van der Waals surface area contributed by atoms with Crippen LogP contribution >= 0.6 is 0 Å². The number of amidine groups is 1. The zero-order chi connectivity index (χ0) is 13.0. The fourth-order valence-electron chi connectivity index (χ4n) is 1.98. The predicted molar refractivity (Wildman–Crippen MR) is 72.3 cm³/mol. The summed E-state index contributed by atoms with van der Waals surface area (Å²) < 4.78 is 26.1. The van der Waals surface area contributed by atoms with Crippen molar-refractivity contribution in [3.8, 4) is 0 Å². The Balaban J connectivity index is 2.10. The maximum absolute atomic E-state index is 11.8. The molecule has 0 aromatic heterocycles.